The van der Waals surface area contributed by atoms with E-state index < -0.39 is 17.7 Å². The molecule has 0 saturated carbocycles. The number of unbranched alkanes of at least 4 members (excludes halogenated alkanes) is 1. The van der Waals surface area contributed by atoms with Crippen LogP contribution >= 0.6 is 23.1 Å². The van der Waals surface area contributed by atoms with Gasteiger partial charge in [0.2, 0.25) is 5.13 Å². The van der Waals surface area contributed by atoms with Crippen LogP contribution in [0.25, 0.3) is 16.5 Å². The average Bonchev–Trinajstić information content (AvgIpc) is 3.65. The molecular weight excluding hydrogens is 619 g/mol. The number of fused-ring (bicyclic) bond motifs is 1. The Kier molecular flexibility index (Phi) is 9.65. The highest BCUT2D eigenvalue weighted by Crippen LogP contribution is 2.45. The zero-order valence-corrected chi connectivity index (χ0v) is 27.1. The monoisotopic (exact) mass is 651 g/mol. The number of nitrogens with zero attached hydrogens (tertiary/aromatic N) is 3. The van der Waals surface area contributed by atoms with Gasteiger partial charge in [-0.3, -0.25) is 14.5 Å². The van der Waals surface area contributed by atoms with Crippen LogP contribution in [0.1, 0.15) is 49.4 Å². The van der Waals surface area contributed by atoms with E-state index in [0.717, 1.165) is 23.8 Å². The quantitative estimate of drug-likeness (QED) is 0.0360. The molecule has 0 aliphatic carbocycles. The van der Waals surface area contributed by atoms with Gasteiger partial charge in [0.05, 0.1) is 24.8 Å². The van der Waals surface area contributed by atoms with Gasteiger partial charge in [0.1, 0.15) is 17.3 Å². The molecule has 8 nitrogen and oxygen atoms in total. The van der Waals surface area contributed by atoms with Crippen molar-refractivity contribution in [2.75, 3.05) is 18.1 Å². The fourth-order valence-electron chi connectivity index (χ4n) is 5.40. The lowest BCUT2D eigenvalue weighted by Crippen LogP contribution is -2.29. The van der Waals surface area contributed by atoms with Crippen molar-refractivity contribution in [2.24, 2.45) is 0 Å². The Morgan fingerprint density at radius 1 is 0.913 bits per heavy atom. The molecule has 1 amide bonds. The number of thioether (sulfide) groups is 1. The lowest BCUT2D eigenvalue weighted by atomic mass is 9.95. The Labute approximate surface area is 275 Å². The Bertz CT molecular complexity index is 1900. The lowest BCUT2D eigenvalue weighted by Gasteiger charge is -2.23. The molecule has 1 aliphatic heterocycles. The number of anilines is 1. The smallest absolute Gasteiger partial charge is 0.301 e. The predicted molar refractivity (Wildman–Crippen MR) is 183 cm³/mol. The number of amides is 1. The Balaban J connectivity index is 1.36. The molecule has 1 saturated heterocycles. The van der Waals surface area contributed by atoms with E-state index in [0.29, 0.717) is 45.9 Å². The Morgan fingerprint density at radius 2 is 1.70 bits per heavy atom. The summed E-state index contributed by atoms with van der Waals surface area (Å²) in [5.74, 6) is 0.0517. The number of Topliss-reactive ketones (excluding diaryl/α,β-unsaturated/α-hetero) is 1. The standard InChI is InChI=1S/C36H33N3O5S2/c1-3-5-20-44-28-14-9-12-25(21-28)31-30(32(40)24-16-18-27(19-17-24)43-4-2)33(41)34(42)39(31)35-37-38-36(46-35)45-22-26-13-8-11-23-10-6-7-15-29(23)26/h6-19,21,31,40H,3-5,20,22H2,1-2H3. The van der Waals surface area contributed by atoms with E-state index in [1.54, 1.807) is 24.3 Å². The first-order chi connectivity index (χ1) is 22.5. The third-order valence-electron chi connectivity index (χ3n) is 7.66. The van der Waals surface area contributed by atoms with Crippen molar-refractivity contribution in [1.82, 2.24) is 10.2 Å². The number of hydrogen-bond acceptors (Lipinski definition) is 9. The number of benzene rings is 4. The highest BCUT2D eigenvalue weighted by atomic mass is 32.2. The number of aromatic nitrogens is 2. The van der Waals surface area contributed by atoms with Crippen molar-refractivity contribution in [2.45, 2.75) is 42.8 Å². The number of rotatable bonds is 12. The summed E-state index contributed by atoms with van der Waals surface area (Å²) in [4.78, 5) is 28.7. The van der Waals surface area contributed by atoms with Gasteiger partial charge in [-0.25, -0.2) is 0 Å². The Morgan fingerprint density at radius 3 is 2.50 bits per heavy atom. The van der Waals surface area contributed by atoms with Crippen LogP contribution in [0.15, 0.2) is 101 Å². The van der Waals surface area contributed by atoms with Gasteiger partial charge in [-0.15, -0.1) is 10.2 Å². The van der Waals surface area contributed by atoms with Crippen LogP contribution in [0.3, 0.4) is 0 Å². The minimum atomic E-state index is -0.940. The van der Waals surface area contributed by atoms with E-state index in [-0.39, 0.29) is 16.5 Å². The van der Waals surface area contributed by atoms with E-state index in [9.17, 15) is 14.7 Å². The van der Waals surface area contributed by atoms with Crippen molar-refractivity contribution in [3.8, 4) is 11.5 Å². The molecule has 1 atom stereocenters. The van der Waals surface area contributed by atoms with E-state index in [4.69, 9.17) is 9.47 Å². The first-order valence-electron chi connectivity index (χ1n) is 15.2. The third-order valence-corrected chi connectivity index (χ3v) is 9.76. The van der Waals surface area contributed by atoms with Crippen LogP contribution in [0.5, 0.6) is 11.5 Å². The van der Waals surface area contributed by atoms with Gasteiger partial charge in [-0.1, -0.05) is 91.0 Å². The number of ketones is 1. The van der Waals surface area contributed by atoms with Crippen molar-refractivity contribution in [3.63, 3.8) is 0 Å². The Hall–Kier alpha value is -4.67. The number of carbonyl (C=O) groups is 2. The molecule has 1 N–H and O–H groups in total. The van der Waals surface area contributed by atoms with Gasteiger partial charge in [0, 0.05) is 11.3 Å². The molecule has 10 heteroatoms. The number of aliphatic hydroxyl groups excluding tert-OH is 1. The molecule has 0 radical (unpaired) electrons. The van der Waals surface area contributed by atoms with Gasteiger partial charge in [-0.2, -0.15) is 0 Å². The highest BCUT2D eigenvalue weighted by Gasteiger charge is 2.48. The van der Waals surface area contributed by atoms with Crippen molar-refractivity contribution in [3.05, 3.63) is 113 Å². The van der Waals surface area contributed by atoms with Gasteiger partial charge < -0.3 is 14.6 Å². The predicted octanol–water partition coefficient (Wildman–Crippen LogP) is 8.19. The number of aliphatic hydroxyl groups is 1. The molecule has 0 bridgehead atoms. The summed E-state index contributed by atoms with van der Waals surface area (Å²) in [5, 5.41) is 22.9. The van der Waals surface area contributed by atoms with Gasteiger partial charge >= 0.3 is 5.91 Å². The SMILES string of the molecule is CCCCOc1cccc(C2C(=C(O)c3ccc(OCC)cc3)C(=O)C(=O)N2c2nnc(SCc3cccc4ccccc34)s2)c1. The summed E-state index contributed by atoms with van der Waals surface area (Å²) in [6, 6.07) is 27.5. The second kappa shape index (κ2) is 14.2. The molecule has 6 rings (SSSR count). The molecule has 1 aliphatic rings. The van der Waals surface area contributed by atoms with Crippen LogP contribution in [-0.2, 0) is 15.3 Å². The molecule has 4 aromatic carbocycles. The van der Waals surface area contributed by atoms with E-state index >= 15 is 0 Å². The zero-order chi connectivity index (χ0) is 32.0. The van der Waals surface area contributed by atoms with Crippen molar-refractivity contribution in [1.29, 1.82) is 0 Å². The molecule has 5 aromatic rings. The topological polar surface area (TPSA) is 102 Å². The van der Waals surface area contributed by atoms with Crippen LogP contribution < -0.4 is 14.4 Å². The molecule has 1 unspecified atom stereocenters. The largest absolute Gasteiger partial charge is 0.507 e. The molecule has 1 aromatic heterocycles. The summed E-state index contributed by atoms with van der Waals surface area (Å²) in [6.45, 7) is 5.01. The molecule has 1 fully saturated rings. The minimum Gasteiger partial charge on any atom is -0.507 e. The fourth-order valence-corrected chi connectivity index (χ4v) is 7.27. The van der Waals surface area contributed by atoms with Gasteiger partial charge in [0.15, 0.2) is 4.34 Å². The number of carbonyl (C=O) groups excluding carboxylic acids is 2. The van der Waals surface area contributed by atoms with Gasteiger partial charge in [-0.05, 0) is 71.6 Å². The molecular formula is C36H33N3O5S2. The second-order valence-electron chi connectivity index (χ2n) is 10.7. The van der Waals surface area contributed by atoms with Crippen LogP contribution in [0.4, 0.5) is 5.13 Å². The van der Waals surface area contributed by atoms with E-state index in [1.807, 2.05) is 49.4 Å². The first-order valence-corrected chi connectivity index (χ1v) is 17.0. The summed E-state index contributed by atoms with van der Waals surface area (Å²) < 4.78 is 12.2. The summed E-state index contributed by atoms with van der Waals surface area (Å²) in [6.07, 6.45) is 1.88. The summed E-state index contributed by atoms with van der Waals surface area (Å²) in [5.41, 5.74) is 2.14. The maximum atomic E-state index is 13.7. The maximum Gasteiger partial charge on any atom is 0.301 e. The third kappa shape index (κ3) is 6.49. The van der Waals surface area contributed by atoms with Crippen LogP contribution in [-0.4, -0.2) is 40.2 Å². The minimum absolute atomic E-state index is 0.0278. The molecule has 0 spiro atoms. The van der Waals surface area contributed by atoms with E-state index in [2.05, 4.69) is 41.4 Å². The number of ether oxygens (including phenoxy) is 2. The zero-order valence-electron chi connectivity index (χ0n) is 25.5. The van der Waals surface area contributed by atoms with Gasteiger partial charge in [0.25, 0.3) is 5.78 Å². The van der Waals surface area contributed by atoms with E-state index in [1.165, 1.54) is 33.4 Å². The van der Waals surface area contributed by atoms with Crippen molar-refractivity contribution >= 4 is 56.5 Å². The normalized spacial score (nSPS) is 15.9. The molecule has 46 heavy (non-hydrogen) atoms. The second-order valence-corrected chi connectivity index (χ2v) is 12.9. The summed E-state index contributed by atoms with van der Waals surface area (Å²) in [7, 11) is 0. The highest BCUT2D eigenvalue weighted by molar-refractivity contribution is 8.00. The van der Waals surface area contributed by atoms with Crippen LogP contribution in [0.2, 0.25) is 0 Å². The molecule has 2 heterocycles. The van der Waals surface area contributed by atoms with Crippen molar-refractivity contribution < 1.29 is 24.2 Å². The fraction of sp³-hybridized carbons (Fsp3) is 0.222. The summed E-state index contributed by atoms with van der Waals surface area (Å²) >= 11 is 2.76. The maximum absolute atomic E-state index is 13.7. The average molecular weight is 652 g/mol. The first kappa shape index (κ1) is 31.3. The number of hydrogen-bond donors (Lipinski definition) is 1. The molecule has 234 valence electrons. The lowest BCUT2D eigenvalue weighted by molar-refractivity contribution is -0.132. The van der Waals surface area contributed by atoms with Crippen LogP contribution in [0, 0.1) is 0 Å².